The van der Waals surface area contributed by atoms with Crippen molar-refractivity contribution in [1.29, 1.82) is 0 Å². The summed E-state index contributed by atoms with van der Waals surface area (Å²) in [6.07, 6.45) is 1.08. The number of Topliss-reactive ketones (excluding diaryl/α,β-unsaturated/α-hetero) is 1. The smallest absolute Gasteiger partial charge is 0.224 e. The van der Waals surface area contributed by atoms with E-state index in [1.165, 1.54) is 0 Å². The van der Waals surface area contributed by atoms with Gasteiger partial charge in [0.2, 0.25) is 5.91 Å². The van der Waals surface area contributed by atoms with Crippen molar-refractivity contribution in [2.45, 2.75) is 26.2 Å². The lowest BCUT2D eigenvalue weighted by atomic mass is 10.1. The molecule has 0 aromatic heterocycles. The molecule has 0 saturated carbocycles. The van der Waals surface area contributed by atoms with E-state index in [4.69, 9.17) is 16.3 Å². The van der Waals surface area contributed by atoms with Crippen molar-refractivity contribution in [2.24, 2.45) is 0 Å². The van der Waals surface area contributed by atoms with Gasteiger partial charge in [-0.1, -0.05) is 17.7 Å². The first-order valence-electron chi connectivity index (χ1n) is 7.73. The highest BCUT2D eigenvalue weighted by atomic mass is 35.5. The quantitative estimate of drug-likeness (QED) is 0.743. The standard InChI is InChI=1S/C19H20ClNO3/c1-13-6-11-17(16(20)12-13)21-19(23)5-3-4-18(22)14-7-9-15(24-2)10-8-14/h6-12H,3-5H2,1-2H3,(H,21,23). The van der Waals surface area contributed by atoms with Crippen molar-refractivity contribution < 1.29 is 14.3 Å². The Hall–Kier alpha value is -2.33. The van der Waals surface area contributed by atoms with Crippen LogP contribution in [0.1, 0.15) is 35.2 Å². The minimum absolute atomic E-state index is 0.0128. The van der Waals surface area contributed by atoms with Gasteiger partial charge in [-0.25, -0.2) is 0 Å². The highest BCUT2D eigenvalue weighted by Gasteiger charge is 2.09. The van der Waals surface area contributed by atoms with E-state index in [2.05, 4.69) is 5.32 Å². The number of carbonyl (C=O) groups is 2. The second-order valence-electron chi connectivity index (χ2n) is 5.54. The van der Waals surface area contributed by atoms with E-state index in [0.29, 0.717) is 34.9 Å². The maximum atomic E-state index is 12.1. The van der Waals surface area contributed by atoms with E-state index >= 15 is 0 Å². The normalized spacial score (nSPS) is 10.3. The van der Waals surface area contributed by atoms with E-state index in [-0.39, 0.29) is 18.1 Å². The van der Waals surface area contributed by atoms with Crippen LogP contribution in [0.5, 0.6) is 5.75 Å². The van der Waals surface area contributed by atoms with Gasteiger partial charge in [0.05, 0.1) is 17.8 Å². The van der Waals surface area contributed by atoms with Crippen molar-refractivity contribution >= 4 is 29.0 Å². The molecule has 0 heterocycles. The number of anilines is 1. The lowest BCUT2D eigenvalue weighted by Gasteiger charge is -2.08. The van der Waals surface area contributed by atoms with Crippen LogP contribution in [0.15, 0.2) is 42.5 Å². The molecule has 0 aliphatic heterocycles. The largest absolute Gasteiger partial charge is 0.497 e. The average Bonchev–Trinajstić information content (AvgIpc) is 2.57. The fourth-order valence-corrected chi connectivity index (χ4v) is 2.55. The fourth-order valence-electron chi connectivity index (χ4n) is 2.26. The maximum absolute atomic E-state index is 12.1. The highest BCUT2D eigenvalue weighted by Crippen LogP contribution is 2.23. The molecule has 0 radical (unpaired) electrons. The van der Waals surface area contributed by atoms with Gasteiger partial charge in [-0.15, -0.1) is 0 Å². The summed E-state index contributed by atoms with van der Waals surface area (Å²) in [4.78, 5) is 24.0. The molecular formula is C19H20ClNO3. The number of hydrogen-bond acceptors (Lipinski definition) is 3. The zero-order chi connectivity index (χ0) is 17.5. The first kappa shape index (κ1) is 18.0. The molecule has 4 nitrogen and oxygen atoms in total. The number of halogens is 1. The third-order valence-corrected chi connectivity index (χ3v) is 3.93. The molecule has 0 aliphatic carbocycles. The Kier molecular flexibility index (Phi) is 6.38. The van der Waals surface area contributed by atoms with Crippen LogP contribution < -0.4 is 10.1 Å². The summed E-state index contributed by atoms with van der Waals surface area (Å²) in [7, 11) is 1.58. The van der Waals surface area contributed by atoms with Gasteiger partial charge in [0.25, 0.3) is 0 Å². The summed E-state index contributed by atoms with van der Waals surface area (Å²) in [5, 5.41) is 3.28. The lowest BCUT2D eigenvalue weighted by molar-refractivity contribution is -0.116. The Balaban J connectivity index is 1.80. The summed E-state index contributed by atoms with van der Waals surface area (Å²) in [5.41, 5.74) is 2.25. The number of aryl methyl sites for hydroxylation is 1. The molecule has 0 spiro atoms. The van der Waals surface area contributed by atoms with Gasteiger partial charge >= 0.3 is 0 Å². The molecule has 1 N–H and O–H groups in total. The van der Waals surface area contributed by atoms with Crippen LogP contribution in [-0.4, -0.2) is 18.8 Å². The molecule has 126 valence electrons. The Labute approximate surface area is 146 Å². The molecule has 0 unspecified atom stereocenters. The van der Waals surface area contributed by atoms with Crippen LogP contribution in [0.2, 0.25) is 5.02 Å². The molecule has 5 heteroatoms. The third-order valence-electron chi connectivity index (χ3n) is 3.62. The number of ketones is 1. The number of rotatable bonds is 7. The zero-order valence-electron chi connectivity index (χ0n) is 13.8. The zero-order valence-corrected chi connectivity index (χ0v) is 14.5. The number of amides is 1. The van der Waals surface area contributed by atoms with Crippen molar-refractivity contribution in [1.82, 2.24) is 0 Å². The Morgan fingerprint density at radius 3 is 2.42 bits per heavy atom. The second kappa shape index (κ2) is 8.50. The van der Waals surface area contributed by atoms with Gasteiger partial charge in [0.1, 0.15) is 5.75 Å². The van der Waals surface area contributed by atoms with E-state index in [1.807, 2.05) is 13.0 Å². The van der Waals surface area contributed by atoms with Gasteiger partial charge < -0.3 is 10.1 Å². The van der Waals surface area contributed by atoms with Crippen molar-refractivity contribution in [3.05, 3.63) is 58.6 Å². The number of hydrogen-bond donors (Lipinski definition) is 1. The van der Waals surface area contributed by atoms with Crippen LogP contribution in [0.25, 0.3) is 0 Å². The Morgan fingerprint density at radius 2 is 1.79 bits per heavy atom. The van der Waals surface area contributed by atoms with E-state index in [9.17, 15) is 9.59 Å². The first-order valence-corrected chi connectivity index (χ1v) is 8.10. The Bertz CT molecular complexity index is 726. The van der Waals surface area contributed by atoms with E-state index in [0.717, 1.165) is 5.56 Å². The fraction of sp³-hybridized carbons (Fsp3) is 0.263. The summed E-state index contributed by atoms with van der Waals surface area (Å²) in [6.45, 7) is 1.93. The van der Waals surface area contributed by atoms with Gasteiger partial charge in [0, 0.05) is 18.4 Å². The molecular weight excluding hydrogens is 326 g/mol. The number of methoxy groups -OCH3 is 1. The second-order valence-corrected chi connectivity index (χ2v) is 5.94. The molecule has 0 atom stereocenters. The minimum atomic E-state index is -0.150. The monoisotopic (exact) mass is 345 g/mol. The van der Waals surface area contributed by atoms with Gasteiger partial charge in [-0.3, -0.25) is 9.59 Å². The van der Waals surface area contributed by atoms with E-state index < -0.39 is 0 Å². The lowest BCUT2D eigenvalue weighted by Crippen LogP contribution is -2.12. The maximum Gasteiger partial charge on any atom is 0.224 e. The highest BCUT2D eigenvalue weighted by molar-refractivity contribution is 6.33. The van der Waals surface area contributed by atoms with Gasteiger partial charge in [0.15, 0.2) is 5.78 Å². The Morgan fingerprint density at radius 1 is 1.08 bits per heavy atom. The van der Waals surface area contributed by atoms with Crippen LogP contribution in [0.4, 0.5) is 5.69 Å². The molecule has 0 fully saturated rings. The van der Waals surface area contributed by atoms with E-state index in [1.54, 1.807) is 43.5 Å². The number of benzene rings is 2. The average molecular weight is 346 g/mol. The van der Waals surface area contributed by atoms with Crippen molar-refractivity contribution in [2.75, 3.05) is 12.4 Å². The van der Waals surface area contributed by atoms with Gasteiger partial charge in [-0.2, -0.15) is 0 Å². The van der Waals surface area contributed by atoms with Crippen LogP contribution >= 0.6 is 11.6 Å². The van der Waals surface area contributed by atoms with Crippen LogP contribution in [-0.2, 0) is 4.79 Å². The van der Waals surface area contributed by atoms with Crippen LogP contribution in [0, 0.1) is 6.92 Å². The van der Waals surface area contributed by atoms with Crippen molar-refractivity contribution in [3.63, 3.8) is 0 Å². The first-order chi connectivity index (χ1) is 11.5. The molecule has 2 aromatic carbocycles. The number of ether oxygens (including phenoxy) is 1. The molecule has 2 rings (SSSR count). The topological polar surface area (TPSA) is 55.4 Å². The molecule has 1 amide bonds. The molecule has 24 heavy (non-hydrogen) atoms. The predicted octanol–water partition coefficient (Wildman–Crippen LogP) is 4.65. The third kappa shape index (κ3) is 5.10. The van der Waals surface area contributed by atoms with Crippen LogP contribution in [0.3, 0.4) is 0 Å². The molecule has 0 saturated heterocycles. The summed E-state index contributed by atoms with van der Waals surface area (Å²) >= 11 is 6.08. The molecule has 0 bridgehead atoms. The SMILES string of the molecule is COc1ccc(C(=O)CCCC(=O)Nc2ccc(C)cc2Cl)cc1. The molecule has 2 aromatic rings. The minimum Gasteiger partial charge on any atom is -0.497 e. The number of nitrogens with one attached hydrogen (secondary N) is 1. The predicted molar refractivity (Wildman–Crippen MR) is 96.0 cm³/mol. The summed E-state index contributed by atoms with van der Waals surface area (Å²) in [6, 6.07) is 12.4. The number of carbonyl (C=O) groups excluding carboxylic acids is 2. The summed E-state index contributed by atoms with van der Waals surface area (Å²) < 4.78 is 5.06. The summed E-state index contributed by atoms with van der Waals surface area (Å²) in [5.74, 6) is 0.572. The van der Waals surface area contributed by atoms with Gasteiger partial charge in [-0.05, 0) is 55.3 Å². The molecule has 0 aliphatic rings. The van der Waals surface area contributed by atoms with Crippen molar-refractivity contribution in [3.8, 4) is 5.75 Å².